The number of piperidine rings is 1. The first-order valence-electron chi connectivity index (χ1n) is 9.92. The average Bonchev–Trinajstić information content (AvgIpc) is 2.90. The van der Waals surface area contributed by atoms with Gasteiger partial charge in [-0.15, -0.1) is 0 Å². The third kappa shape index (κ3) is 4.18. The molecule has 2 aromatic rings. The average molecular weight is 448 g/mol. The molecule has 0 amide bonds. The third-order valence-electron chi connectivity index (χ3n) is 5.51. The van der Waals surface area contributed by atoms with Crippen LogP contribution in [0.15, 0.2) is 36.0 Å². The second kappa shape index (κ2) is 8.93. The number of fused-ring (bicyclic) bond motifs is 2. The van der Waals surface area contributed by atoms with Crippen molar-refractivity contribution >= 4 is 34.1 Å². The Bertz CT molecular complexity index is 1050. The molecule has 0 radical (unpaired) electrons. The van der Waals surface area contributed by atoms with E-state index in [-0.39, 0.29) is 5.69 Å². The van der Waals surface area contributed by atoms with Gasteiger partial charge in [-0.2, -0.15) is 0 Å². The zero-order valence-corrected chi connectivity index (χ0v) is 18.2. The summed E-state index contributed by atoms with van der Waals surface area (Å²) >= 11 is 4.82. The Hall–Kier alpha value is -2.13. The number of pyridine rings is 1. The molecule has 4 rings (SSSR count). The molecular weight excluding hydrogens is 426 g/mol. The summed E-state index contributed by atoms with van der Waals surface area (Å²) < 4.78 is 19.2. The van der Waals surface area contributed by atoms with E-state index in [9.17, 15) is 14.3 Å². The van der Waals surface area contributed by atoms with Crippen molar-refractivity contribution in [3.63, 3.8) is 0 Å². The standard InChI is InChI=1S/C21H22ClN3O4S/c1-2-29-30(28)24-9-7-14(8-10-24)20-19-6-5-17(22)11-15(19)3-4-16-12-18(25(26)27)13-23-21(16)20/h5-6,11-13H,2-4,7-10H2,1H3. The first-order valence-corrected chi connectivity index (χ1v) is 11.3. The monoisotopic (exact) mass is 447 g/mol. The van der Waals surface area contributed by atoms with Gasteiger partial charge in [-0.3, -0.25) is 14.3 Å². The Morgan fingerprint density at radius 2 is 1.93 bits per heavy atom. The van der Waals surface area contributed by atoms with Gasteiger partial charge in [-0.05, 0) is 61.4 Å². The lowest BCUT2D eigenvalue weighted by Gasteiger charge is -2.28. The number of aryl methyl sites for hydroxylation is 2. The predicted octanol–water partition coefficient (Wildman–Crippen LogP) is 4.25. The number of aromatic nitrogens is 1. The minimum absolute atomic E-state index is 0.00372. The summed E-state index contributed by atoms with van der Waals surface area (Å²) in [7, 11) is 0. The van der Waals surface area contributed by atoms with Crippen LogP contribution in [0.3, 0.4) is 0 Å². The van der Waals surface area contributed by atoms with Gasteiger partial charge in [-0.1, -0.05) is 23.2 Å². The molecule has 1 aliphatic heterocycles. The summed E-state index contributed by atoms with van der Waals surface area (Å²) in [6.45, 7) is 3.47. The highest BCUT2D eigenvalue weighted by Gasteiger charge is 2.28. The Morgan fingerprint density at radius 1 is 1.20 bits per heavy atom. The minimum atomic E-state index is -1.43. The number of hydrogen-bond acceptors (Lipinski definition) is 5. The quantitative estimate of drug-likeness (QED) is 0.516. The molecule has 1 aromatic heterocycles. The van der Waals surface area contributed by atoms with Crippen LogP contribution < -0.4 is 0 Å². The van der Waals surface area contributed by atoms with E-state index in [4.69, 9.17) is 15.8 Å². The van der Waals surface area contributed by atoms with Crippen LogP contribution in [0.25, 0.3) is 5.57 Å². The molecule has 7 nitrogen and oxygen atoms in total. The van der Waals surface area contributed by atoms with E-state index < -0.39 is 16.2 Å². The topological polar surface area (TPSA) is 85.6 Å². The lowest BCUT2D eigenvalue weighted by atomic mass is 9.89. The molecule has 1 atom stereocenters. The van der Waals surface area contributed by atoms with E-state index in [0.717, 1.165) is 47.2 Å². The molecule has 2 aliphatic rings. The van der Waals surface area contributed by atoms with E-state index in [1.807, 2.05) is 29.4 Å². The molecule has 0 N–H and O–H groups in total. The summed E-state index contributed by atoms with van der Waals surface area (Å²) in [4.78, 5) is 15.4. The van der Waals surface area contributed by atoms with E-state index in [1.54, 1.807) is 6.07 Å². The number of hydrogen-bond donors (Lipinski definition) is 0. The molecule has 9 heteroatoms. The molecule has 0 saturated carbocycles. The highest BCUT2D eigenvalue weighted by molar-refractivity contribution is 7.77. The van der Waals surface area contributed by atoms with Crippen molar-refractivity contribution < 1.29 is 13.3 Å². The van der Waals surface area contributed by atoms with Crippen LogP contribution >= 0.6 is 11.6 Å². The number of halogens is 1. The van der Waals surface area contributed by atoms with E-state index >= 15 is 0 Å². The van der Waals surface area contributed by atoms with Gasteiger partial charge in [-0.25, -0.2) is 13.5 Å². The zero-order valence-electron chi connectivity index (χ0n) is 16.6. The molecule has 1 fully saturated rings. The fourth-order valence-corrected chi connectivity index (χ4v) is 5.14. The Labute approximate surface area is 182 Å². The van der Waals surface area contributed by atoms with Gasteiger partial charge in [0.05, 0.1) is 17.2 Å². The Morgan fingerprint density at radius 3 is 2.63 bits per heavy atom. The molecule has 30 heavy (non-hydrogen) atoms. The van der Waals surface area contributed by atoms with Crippen LogP contribution in [0, 0.1) is 10.1 Å². The maximum atomic E-state index is 12.2. The maximum absolute atomic E-state index is 12.2. The number of nitro groups is 1. The SMILES string of the molecule is CCOS(=O)N1CCC(=C2c3ccc(Cl)cc3CCc3cc([N+](=O)[O-])cnc32)CC1. The molecule has 0 bridgehead atoms. The Kier molecular flexibility index (Phi) is 6.29. The van der Waals surface area contributed by atoms with Crippen LogP contribution in [0.1, 0.15) is 42.1 Å². The van der Waals surface area contributed by atoms with Crippen LogP contribution in [0.5, 0.6) is 0 Å². The minimum Gasteiger partial charge on any atom is -0.278 e. The summed E-state index contributed by atoms with van der Waals surface area (Å²) in [5.41, 5.74) is 6.12. The van der Waals surface area contributed by atoms with Crippen LogP contribution in [-0.2, 0) is 28.3 Å². The fourth-order valence-electron chi connectivity index (χ4n) is 4.11. The summed E-state index contributed by atoms with van der Waals surface area (Å²) in [5, 5.41) is 11.9. The van der Waals surface area contributed by atoms with Crippen LogP contribution in [0.2, 0.25) is 5.02 Å². The van der Waals surface area contributed by atoms with Gasteiger partial charge in [0.1, 0.15) is 6.20 Å². The van der Waals surface area contributed by atoms with Crippen LogP contribution in [-0.4, -0.2) is 38.1 Å². The predicted molar refractivity (Wildman–Crippen MR) is 116 cm³/mol. The second-order valence-corrected chi connectivity index (χ2v) is 8.91. The smallest absolute Gasteiger partial charge is 0.278 e. The van der Waals surface area contributed by atoms with Gasteiger partial charge in [0, 0.05) is 29.8 Å². The van der Waals surface area contributed by atoms with Crippen molar-refractivity contribution in [1.82, 2.24) is 9.29 Å². The van der Waals surface area contributed by atoms with Crippen molar-refractivity contribution in [3.05, 3.63) is 73.6 Å². The van der Waals surface area contributed by atoms with E-state index in [1.165, 1.54) is 11.8 Å². The summed E-state index contributed by atoms with van der Waals surface area (Å²) in [5.74, 6) is 0. The number of rotatable bonds is 4. The molecule has 1 saturated heterocycles. The fraction of sp³-hybridized carbons (Fsp3) is 0.381. The van der Waals surface area contributed by atoms with Gasteiger partial charge in [0.25, 0.3) is 5.69 Å². The first kappa shape index (κ1) is 21.1. The third-order valence-corrected chi connectivity index (χ3v) is 6.97. The van der Waals surface area contributed by atoms with Crippen molar-refractivity contribution in [3.8, 4) is 0 Å². The first-order chi connectivity index (χ1) is 14.5. The van der Waals surface area contributed by atoms with Gasteiger partial charge in [0.15, 0.2) is 0 Å². The highest BCUT2D eigenvalue weighted by atomic mass is 35.5. The van der Waals surface area contributed by atoms with E-state index in [2.05, 4.69) is 4.98 Å². The normalized spacial score (nSPS) is 17.8. The molecule has 1 aromatic carbocycles. The zero-order chi connectivity index (χ0) is 21.3. The number of benzene rings is 1. The maximum Gasteiger partial charge on any atom is 0.287 e. The molecule has 0 spiro atoms. The lowest BCUT2D eigenvalue weighted by molar-refractivity contribution is -0.385. The summed E-state index contributed by atoms with van der Waals surface area (Å²) in [6, 6.07) is 7.49. The molecular formula is C21H22ClN3O4S. The molecule has 2 heterocycles. The molecule has 1 unspecified atom stereocenters. The van der Waals surface area contributed by atoms with Gasteiger partial charge in [0.2, 0.25) is 11.3 Å². The molecule has 1 aliphatic carbocycles. The lowest BCUT2D eigenvalue weighted by Crippen LogP contribution is -2.33. The van der Waals surface area contributed by atoms with Crippen LogP contribution in [0.4, 0.5) is 5.69 Å². The highest BCUT2D eigenvalue weighted by Crippen LogP contribution is 2.39. The van der Waals surface area contributed by atoms with Gasteiger partial charge < -0.3 is 0 Å². The van der Waals surface area contributed by atoms with Crippen molar-refractivity contribution in [2.24, 2.45) is 0 Å². The largest absolute Gasteiger partial charge is 0.287 e. The van der Waals surface area contributed by atoms with Gasteiger partial charge >= 0.3 is 0 Å². The molecule has 158 valence electrons. The van der Waals surface area contributed by atoms with Crippen molar-refractivity contribution in [2.45, 2.75) is 32.6 Å². The number of nitrogens with zero attached hydrogens (tertiary/aromatic N) is 3. The van der Waals surface area contributed by atoms with Crippen molar-refractivity contribution in [2.75, 3.05) is 19.7 Å². The van der Waals surface area contributed by atoms with E-state index in [0.29, 0.717) is 31.1 Å². The Balaban J connectivity index is 1.79. The summed E-state index contributed by atoms with van der Waals surface area (Å²) in [6.07, 6.45) is 4.19. The van der Waals surface area contributed by atoms with Crippen molar-refractivity contribution in [1.29, 1.82) is 0 Å². The second-order valence-electron chi connectivity index (χ2n) is 7.29.